The first-order chi connectivity index (χ1) is 54.7. The molecule has 10 aromatic rings. The van der Waals surface area contributed by atoms with Gasteiger partial charge in [0.2, 0.25) is 0 Å². The van der Waals surface area contributed by atoms with Crippen molar-refractivity contribution in [3.05, 3.63) is 318 Å². The van der Waals surface area contributed by atoms with Gasteiger partial charge in [-0.3, -0.25) is 18.6 Å². The molecule has 0 atom stereocenters. The lowest BCUT2D eigenvalue weighted by atomic mass is 9.95. The predicted octanol–water partition coefficient (Wildman–Crippen LogP) is 10.4. The van der Waals surface area contributed by atoms with Crippen LogP contribution in [0.1, 0.15) is 125 Å². The van der Waals surface area contributed by atoms with Crippen molar-refractivity contribution in [2.45, 2.75) is 88.1 Å². The van der Waals surface area contributed by atoms with E-state index in [0.29, 0.717) is 15.4 Å². The Bertz CT molecular complexity index is 5480. The standard InChI is InChI=1S/C31H27F2NO8S.C17H15F2NO8S.C16H15F2NO4.C14H11ClO4S.CH4/c32-28-24(16-35)27(26(38)18-37)25(17-36)29(33)30(28)34(15-20-8-3-1-4-9-20)43(40,41)23-13-7-12-22(14-23)31(39)42-19-21-10-5-2-6-11-21;18-14-10(5-21)13(12(24)7-23)11(6-22)15(19)16(14)20-29(27,28)9-3-1-2-8(4-9)17(25)26;17-13-10(7-20)12(16(22)23)11(8-21)14(18)15(13)19-6-9-4-2-1-3-5-9;15-20(17,18)13-8-4-7-12(9-13)14(16)19-10-11-5-2-1-3-6-11;/h1-14,35-37H,15-19H2;1-4,20-23H,5-7H2,(H,25,26);1-5,19-21H,6-8H2,(H,22,23);1-9H,10H2;1H4. The highest BCUT2D eigenvalue weighted by Gasteiger charge is 2.37. The molecule has 0 fully saturated rings. The maximum Gasteiger partial charge on any atom is 0.338 e. The van der Waals surface area contributed by atoms with Crippen LogP contribution in [0.15, 0.2) is 209 Å². The molecule has 0 radical (unpaired) electrons. The molecular weight excluding hydrogens is 1620 g/mol. The molecule has 10 aromatic carbocycles. The number of ether oxygens (including phenoxy) is 2. The molecule has 0 aliphatic heterocycles. The van der Waals surface area contributed by atoms with Gasteiger partial charge in [-0.05, 0) is 76.9 Å². The van der Waals surface area contributed by atoms with E-state index < -0.39 is 241 Å². The number of carbonyl (C=O) groups is 6. The van der Waals surface area contributed by atoms with Crippen molar-refractivity contribution in [3.63, 3.8) is 0 Å². The summed E-state index contributed by atoms with van der Waals surface area (Å²) in [6.45, 7) is -9.36. The van der Waals surface area contributed by atoms with Crippen molar-refractivity contribution >= 4 is 92.3 Å². The van der Waals surface area contributed by atoms with E-state index in [-0.39, 0.29) is 43.2 Å². The summed E-state index contributed by atoms with van der Waals surface area (Å²) in [7, 11) is -8.19. The molecule has 0 saturated carbocycles. The molecule has 0 saturated heterocycles. The van der Waals surface area contributed by atoms with Crippen LogP contribution in [0.25, 0.3) is 0 Å². The van der Waals surface area contributed by atoms with Crippen LogP contribution < -0.4 is 14.3 Å². The van der Waals surface area contributed by atoms with Crippen LogP contribution in [-0.4, -0.2) is 125 Å². The Labute approximate surface area is 663 Å². The van der Waals surface area contributed by atoms with Crippen molar-refractivity contribution in [1.82, 2.24) is 0 Å². The number of hydrogen-bond acceptors (Lipinski definition) is 23. The second-order valence-electron chi connectivity index (χ2n) is 23.8. The van der Waals surface area contributed by atoms with Crippen molar-refractivity contribution in [3.8, 4) is 0 Å². The fourth-order valence-electron chi connectivity index (χ4n) is 10.9. The minimum atomic E-state index is -4.86. The highest BCUT2D eigenvalue weighted by atomic mass is 35.7. The number of esters is 2. The summed E-state index contributed by atoms with van der Waals surface area (Å²) in [4.78, 5) is 69.7. The van der Waals surface area contributed by atoms with Gasteiger partial charge >= 0.3 is 23.9 Å². The first-order valence-corrected chi connectivity index (χ1v) is 38.5. The first-order valence-electron chi connectivity index (χ1n) is 33.2. The monoisotopic (exact) mass is 1690 g/mol. The molecule has 614 valence electrons. The highest BCUT2D eigenvalue weighted by molar-refractivity contribution is 8.13. The fraction of sp³-hybridized carbons (Fsp3) is 0.165. The molecule has 0 aliphatic carbocycles. The van der Waals surface area contributed by atoms with Gasteiger partial charge in [-0.2, -0.15) is 0 Å². The van der Waals surface area contributed by atoms with Gasteiger partial charge in [0.15, 0.2) is 46.5 Å². The average Bonchev–Trinajstić information content (AvgIpc) is 0.737. The number of rotatable bonds is 30. The highest BCUT2D eigenvalue weighted by Crippen LogP contribution is 2.39. The van der Waals surface area contributed by atoms with Gasteiger partial charge in [0.25, 0.3) is 29.1 Å². The Morgan fingerprint density at radius 3 is 1.10 bits per heavy atom. The summed E-state index contributed by atoms with van der Waals surface area (Å²) in [6.07, 6.45) is 0. The van der Waals surface area contributed by atoms with Crippen LogP contribution in [-0.2, 0) is 105 Å². The Kier molecular flexibility index (Phi) is 34.1. The molecule has 0 unspecified atom stereocenters. The molecule has 0 spiro atoms. The molecule has 10 rings (SSSR count). The number of aliphatic hydroxyl groups excluding tert-OH is 8. The summed E-state index contributed by atoms with van der Waals surface area (Å²) in [5.41, 5.74) is -7.55. The average molecular weight is 1690 g/mol. The summed E-state index contributed by atoms with van der Waals surface area (Å²) < 4.78 is 178. The Morgan fingerprint density at radius 2 is 0.724 bits per heavy atom. The number of halogens is 7. The van der Waals surface area contributed by atoms with E-state index in [9.17, 15) is 107 Å². The zero-order valence-electron chi connectivity index (χ0n) is 59.5. The minimum Gasteiger partial charge on any atom is -0.478 e. The van der Waals surface area contributed by atoms with Crippen LogP contribution in [0.3, 0.4) is 0 Å². The van der Waals surface area contributed by atoms with E-state index in [1.54, 1.807) is 83.6 Å². The molecule has 0 bridgehead atoms. The zero-order valence-corrected chi connectivity index (χ0v) is 62.7. The van der Waals surface area contributed by atoms with Gasteiger partial charge in [0.05, 0.1) is 83.1 Å². The number of Topliss-reactive ketones (excluding diaryl/α,β-unsaturated/α-hetero) is 2. The van der Waals surface area contributed by atoms with Crippen molar-refractivity contribution < 1.29 is 141 Å². The third-order valence-electron chi connectivity index (χ3n) is 16.5. The maximum atomic E-state index is 16.0. The molecule has 27 nitrogen and oxygen atoms in total. The number of carboxylic acids is 2. The number of aromatic carboxylic acids is 2. The van der Waals surface area contributed by atoms with Crippen LogP contribution >= 0.6 is 10.7 Å². The third-order valence-corrected chi connectivity index (χ3v) is 20.9. The number of nitrogens with one attached hydrogen (secondary N) is 2. The summed E-state index contributed by atoms with van der Waals surface area (Å²) in [5, 5.41) is 95.9. The second-order valence-corrected chi connectivity index (χ2v) is 29.9. The van der Waals surface area contributed by atoms with E-state index in [1.807, 2.05) is 30.3 Å². The quantitative estimate of drug-likeness (QED) is 0.00861. The van der Waals surface area contributed by atoms with Crippen LogP contribution in [0, 0.1) is 34.9 Å². The van der Waals surface area contributed by atoms with E-state index in [1.165, 1.54) is 48.5 Å². The normalized spacial score (nSPS) is 11.0. The van der Waals surface area contributed by atoms with Crippen LogP contribution in [0.4, 0.5) is 43.4 Å². The lowest BCUT2D eigenvalue weighted by Gasteiger charge is -2.28. The Hall–Kier alpha value is -11.8. The smallest absolute Gasteiger partial charge is 0.338 e. The summed E-state index contributed by atoms with van der Waals surface area (Å²) in [5.74, 6) is -15.7. The van der Waals surface area contributed by atoms with Crippen molar-refractivity contribution in [1.29, 1.82) is 0 Å². The molecule has 12 N–H and O–H groups in total. The Balaban J connectivity index is 0.000000251. The maximum absolute atomic E-state index is 16.0. The number of sulfonamides is 2. The molecule has 0 aromatic heterocycles. The molecular formula is C79H72ClF6N3O24S3. The number of ketones is 2. The fourth-order valence-corrected chi connectivity index (χ4v) is 14.3. The molecule has 0 aliphatic rings. The van der Waals surface area contributed by atoms with E-state index in [4.69, 9.17) is 35.5 Å². The van der Waals surface area contributed by atoms with Crippen LogP contribution in [0.2, 0.25) is 0 Å². The van der Waals surface area contributed by atoms with Gasteiger partial charge in [-0.15, -0.1) is 0 Å². The lowest BCUT2D eigenvalue weighted by Crippen LogP contribution is -2.33. The van der Waals surface area contributed by atoms with E-state index in [0.717, 1.165) is 47.5 Å². The summed E-state index contributed by atoms with van der Waals surface area (Å²) in [6, 6.07) is 48.7. The van der Waals surface area contributed by atoms with Gasteiger partial charge < -0.3 is 65.9 Å². The number of benzene rings is 10. The van der Waals surface area contributed by atoms with E-state index >= 15 is 8.78 Å². The van der Waals surface area contributed by atoms with E-state index in [2.05, 4.69) is 5.32 Å². The molecule has 37 heteroatoms. The van der Waals surface area contributed by atoms with Crippen LogP contribution in [0.5, 0.6) is 0 Å². The predicted molar refractivity (Wildman–Crippen MR) is 406 cm³/mol. The second kappa shape index (κ2) is 42.5. The third kappa shape index (κ3) is 22.8. The minimum absolute atomic E-state index is 0. The van der Waals surface area contributed by atoms with Gasteiger partial charge in [-0.25, -0.2) is 70.8 Å². The van der Waals surface area contributed by atoms with Crippen molar-refractivity contribution in [2.75, 3.05) is 27.6 Å². The van der Waals surface area contributed by atoms with Gasteiger partial charge in [-0.1, -0.05) is 147 Å². The lowest BCUT2D eigenvalue weighted by molar-refractivity contribution is 0.0463. The summed E-state index contributed by atoms with van der Waals surface area (Å²) >= 11 is 0. The topological polar surface area (TPSA) is 453 Å². The van der Waals surface area contributed by atoms with Gasteiger partial charge in [0.1, 0.15) is 43.5 Å². The molecule has 116 heavy (non-hydrogen) atoms. The number of aliphatic hydroxyl groups is 8. The number of hydrogen-bond donors (Lipinski definition) is 12. The van der Waals surface area contributed by atoms with Crippen molar-refractivity contribution in [2.24, 2.45) is 0 Å². The number of anilines is 3. The largest absolute Gasteiger partial charge is 0.478 e. The molecule has 0 amide bonds. The number of nitrogens with zero attached hydrogens (tertiary/aromatic N) is 1. The zero-order chi connectivity index (χ0) is 84.6. The SMILES string of the molecule is C.O=C(O)c1c(CO)c(F)c(NCc2ccccc2)c(F)c1CO.O=C(O)c1cccc(S(=O)(=O)Nc2c(F)c(CO)c(C(=O)CO)c(CO)c2F)c1.O=C(OCc1ccccc1)c1cccc(S(=O)(=O)Cl)c1.O=C(OCc1ccccc1)c1cccc(S(=O)(=O)N(Cc2ccccc2)c2c(F)c(CO)c(C(=O)CO)c(CO)c2F)c1. The van der Waals surface area contributed by atoms with Gasteiger partial charge in [0, 0.05) is 61.7 Å². The first kappa shape index (κ1) is 93.1. The number of carboxylic acid groups (broad SMARTS) is 2. The molecule has 0 heterocycles. The Morgan fingerprint density at radius 1 is 0.388 bits per heavy atom. The number of carbonyl (C=O) groups excluding carboxylic acids is 4.